The van der Waals surface area contributed by atoms with E-state index in [-0.39, 0.29) is 11.6 Å². The Bertz CT molecular complexity index is 562. The maximum Gasteiger partial charge on any atom is 0.275 e. The number of quaternary nitrogens is 1. The van der Waals surface area contributed by atoms with E-state index in [1.807, 2.05) is 0 Å². The minimum atomic E-state index is -0.487. The van der Waals surface area contributed by atoms with Crippen molar-refractivity contribution in [1.29, 1.82) is 0 Å². The number of piperidine rings is 1. The van der Waals surface area contributed by atoms with Crippen LogP contribution in [0.2, 0.25) is 5.02 Å². The molecule has 2 rings (SSSR count). The molecule has 0 aliphatic carbocycles. The molecule has 0 saturated carbocycles. The summed E-state index contributed by atoms with van der Waals surface area (Å²) in [5.41, 5.74) is 0.575. The summed E-state index contributed by atoms with van der Waals surface area (Å²) in [6.45, 7) is 3.67. The van der Waals surface area contributed by atoms with Gasteiger partial charge >= 0.3 is 0 Å². The molecule has 3 N–H and O–H groups in total. The van der Waals surface area contributed by atoms with Gasteiger partial charge in [0.15, 0.2) is 6.54 Å². The first kappa shape index (κ1) is 17.5. The van der Waals surface area contributed by atoms with Crippen LogP contribution in [0.5, 0.6) is 0 Å². The van der Waals surface area contributed by atoms with E-state index in [0.717, 1.165) is 13.1 Å². The highest BCUT2D eigenvalue weighted by Crippen LogP contribution is 2.26. The van der Waals surface area contributed by atoms with Crippen LogP contribution in [0.15, 0.2) is 18.2 Å². The largest absolute Gasteiger partial charge is 0.382 e. The minimum Gasteiger partial charge on any atom is -0.382 e. The number of carbonyl (C=O) groups excluding carboxylic acids is 1. The molecule has 0 spiro atoms. The number of rotatable bonds is 7. The summed E-state index contributed by atoms with van der Waals surface area (Å²) in [4.78, 5) is 23.3. The van der Waals surface area contributed by atoms with Gasteiger partial charge in [0.25, 0.3) is 11.6 Å². The fraction of sp³-hybridized carbons (Fsp3) is 0.533. The molecule has 0 radical (unpaired) electrons. The van der Waals surface area contributed by atoms with Gasteiger partial charge in [-0.05, 0) is 25.3 Å². The zero-order valence-corrected chi connectivity index (χ0v) is 13.7. The molecule has 126 valence electrons. The van der Waals surface area contributed by atoms with E-state index in [0.29, 0.717) is 30.3 Å². The number of nitrogens with one attached hydrogen (secondary N) is 3. The average molecular weight is 342 g/mol. The SMILES string of the molecule is O=C(C[NH+]1CCCCC1)NCCNc1ccc([N+](=O)[O-])cc1Cl. The van der Waals surface area contributed by atoms with Gasteiger partial charge in [0, 0.05) is 25.2 Å². The van der Waals surface area contributed by atoms with Gasteiger partial charge in [-0.25, -0.2) is 0 Å². The highest BCUT2D eigenvalue weighted by atomic mass is 35.5. The standard InChI is InChI=1S/C15H21ClN4O3/c16-13-10-12(20(22)23)4-5-14(13)17-6-7-18-15(21)11-19-8-2-1-3-9-19/h4-5,10,17H,1-3,6-9,11H2,(H,18,21)/p+1. The Hall–Kier alpha value is -1.86. The lowest BCUT2D eigenvalue weighted by atomic mass is 10.1. The number of nitro groups is 1. The Morgan fingerprint density at radius 1 is 1.26 bits per heavy atom. The summed E-state index contributed by atoms with van der Waals surface area (Å²) < 4.78 is 0. The monoisotopic (exact) mass is 341 g/mol. The predicted molar refractivity (Wildman–Crippen MR) is 89.0 cm³/mol. The third-order valence-electron chi connectivity index (χ3n) is 3.90. The van der Waals surface area contributed by atoms with Crippen LogP contribution in [-0.2, 0) is 4.79 Å². The molecule has 8 heteroatoms. The minimum absolute atomic E-state index is 0.0432. The topological polar surface area (TPSA) is 88.7 Å². The van der Waals surface area contributed by atoms with Gasteiger partial charge < -0.3 is 15.5 Å². The summed E-state index contributed by atoms with van der Waals surface area (Å²) in [5.74, 6) is 0.0542. The molecular weight excluding hydrogens is 320 g/mol. The molecular formula is C15H22ClN4O3+. The number of nitro benzene ring substituents is 1. The van der Waals surface area contributed by atoms with Crippen molar-refractivity contribution in [1.82, 2.24) is 5.32 Å². The van der Waals surface area contributed by atoms with Crippen LogP contribution in [0.25, 0.3) is 0 Å². The van der Waals surface area contributed by atoms with E-state index in [1.54, 1.807) is 6.07 Å². The summed E-state index contributed by atoms with van der Waals surface area (Å²) in [5, 5.41) is 16.9. The van der Waals surface area contributed by atoms with Crippen LogP contribution in [0.4, 0.5) is 11.4 Å². The van der Waals surface area contributed by atoms with Gasteiger partial charge in [-0.15, -0.1) is 0 Å². The summed E-state index contributed by atoms with van der Waals surface area (Å²) >= 11 is 5.99. The van der Waals surface area contributed by atoms with Gasteiger partial charge in [-0.3, -0.25) is 14.9 Å². The van der Waals surface area contributed by atoms with Crippen molar-refractivity contribution >= 4 is 28.9 Å². The maximum atomic E-state index is 11.8. The average Bonchev–Trinajstić information content (AvgIpc) is 2.53. The Kier molecular flexibility index (Phi) is 6.61. The number of anilines is 1. The Labute approximate surface area is 140 Å². The van der Waals surface area contributed by atoms with Crippen molar-refractivity contribution in [3.8, 4) is 0 Å². The van der Waals surface area contributed by atoms with Crippen LogP contribution in [0.1, 0.15) is 19.3 Å². The third-order valence-corrected chi connectivity index (χ3v) is 4.21. The molecule has 0 atom stereocenters. The van der Waals surface area contributed by atoms with Crippen molar-refractivity contribution in [3.63, 3.8) is 0 Å². The molecule has 1 aliphatic rings. The van der Waals surface area contributed by atoms with E-state index in [1.165, 1.54) is 36.3 Å². The second-order valence-corrected chi connectivity index (χ2v) is 6.09. The summed E-state index contributed by atoms with van der Waals surface area (Å²) in [6.07, 6.45) is 3.66. The van der Waals surface area contributed by atoms with Crippen molar-refractivity contribution in [3.05, 3.63) is 33.3 Å². The lowest BCUT2D eigenvalue weighted by Crippen LogP contribution is -3.13. The van der Waals surface area contributed by atoms with Gasteiger partial charge in [0.05, 0.1) is 28.7 Å². The van der Waals surface area contributed by atoms with Crippen molar-refractivity contribution in [2.24, 2.45) is 0 Å². The number of nitrogens with zero attached hydrogens (tertiary/aromatic N) is 1. The first-order chi connectivity index (χ1) is 11.1. The fourth-order valence-electron chi connectivity index (χ4n) is 2.68. The number of carbonyl (C=O) groups is 1. The lowest BCUT2D eigenvalue weighted by Gasteiger charge is -2.22. The zero-order valence-electron chi connectivity index (χ0n) is 12.9. The van der Waals surface area contributed by atoms with E-state index in [2.05, 4.69) is 10.6 Å². The number of likely N-dealkylation sites (tertiary alicyclic amines) is 1. The van der Waals surface area contributed by atoms with Gasteiger partial charge in [-0.1, -0.05) is 11.6 Å². The number of amides is 1. The van der Waals surface area contributed by atoms with Gasteiger partial charge in [0.1, 0.15) is 0 Å². The summed E-state index contributed by atoms with van der Waals surface area (Å²) in [7, 11) is 0. The van der Waals surface area contributed by atoms with Crippen LogP contribution < -0.4 is 15.5 Å². The zero-order chi connectivity index (χ0) is 16.7. The molecule has 1 amide bonds. The van der Waals surface area contributed by atoms with Crippen LogP contribution in [-0.4, -0.2) is 43.6 Å². The predicted octanol–water partition coefficient (Wildman–Crippen LogP) is 0.845. The maximum absolute atomic E-state index is 11.8. The first-order valence-corrected chi connectivity index (χ1v) is 8.22. The Morgan fingerprint density at radius 2 is 2.00 bits per heavy atom. The lowest BCUT2D eigenvalue weighted by molar-refractivity contribution is -0.896. The Morgan fingerprint density at radius 3 is 2.65 bits per heavy atom. The van der Waals surface area contributed by atoms with Crippen molar-refractivity contribution in [2.45, 2.75) is 19.3 Å². The third kappa shape index (κ3) is 5.69. The molecule has 0 unspecified atom stereocenters. The Balaban J connectivity index is 1.68. The second kappa shape index (κ2) is 8.69. The van der Waals surface area contributed by atoms with Gasteiger partial charge in [0.2, 0.25) is 0 Å². The van der Waals surface area contributed by atoms with Crippen molar-refractivity contribution < 1.29 is 14.6 Å². The number of hydrogen-bond donors (Lipinski definition) is 3. The number of halogens is 1. The quantitative estimate of drug-likeness (QED) is 0.389. The number of benzene rings is 1. The highest BCUT2D eigenvalue weighted by Gasteiger charge is 2.16. The van der Waals surface area contributed by atoms with Crippen molar-refractivity contribution in [2.75, 3.05) is 38.0 Å². The van der Waals surface area contributed by atoms with Crippen LogP contribution in [0, 0.1) is 10.1 Å². The molecule has 7 nitrogen and oxygen atoms in total. The normalized spacial score (nSPS) is 15.2. The molecule has 0 aromatic heterocycles. The molecule has 1 heterocycles. The molecule has 1 aliphatic heterocycles. The van der Waals surface area contributed by atoms with Gasteiger partial charge in [-0.2, -0.15) is 0 Å². The second-order valence-electron chi connectivity index (χ2n) is 5.69. The number of non-ortho nitro benzene ring substituents is 1. The van der Waals surface area contributed by atoms with Crippen LogP contribution in [0.3, 0.4) is 0 Å². The smallest absolute Gasteiger partial charge is 0.275 e. The van der Waals surface area contributed by atoms with E-state index in [9.17, 15) is 14.9 Å². The molecule has 23 heavy (non-hydrogen) atoms. The molecule has 0 bridgehead atoms. The van der Waals surface area contributed by atoms with E-state index in [4.69, 9.17) is 11.6 Å². The highest BCUT2D eigenvalue weighted by molar-refractivity contribution is 6.33. The summed E-state index contributed by atoms with van der Waals surface area (Å²) in [6, 6.07) is 4.27. The van der Waals surface area contributed by atoms with E-state index >= 15 is 0 Å². The van der Waals surface area contributed by atoms with E-state index < -0.39 is 4.92 Å². The molecule has 1 aromatic carbocycles. The first-order valence-electron chi connectivity index (χ1n) is 7.84. The number of hydrogen-bond acceptors (Lipinski definition) is 4. The molecule has 1 saturated heterocycles. The fourth-order valence-corrected chi connectivity index (χ4v) is 2.92. The molecule has 1 aromatic rings. The van der Waals surface area contributed by atoms with Crippen LogP contribution >= 0.6 is 11.6 Å². The molecule has 1 fully saturated rings.